The summed E-state index contributed by atoms with van der Waals surface area (Å²) < 4.78 is 11.7. The molecule has 0 radical (unpaired) electrons. The molecule has 1 saturated heterocycles. The molecule has 6 nitrogen and oxygen atoms in total. The van der Waals surface area contributed by atoms with Crippen LogP contribution in [0.2, 0.25) is 0 Å². The summed E-state index contributed by atoms with van der Waals surface area (Å²) in [6.45, 7) is 12.6. The molecule has 29 heavy (non-hydrogen) atoms. The molecule has 2 heterocycles. The molecule has 0 aliphatic carbocycles. The van der Waals surface area contributed by atoms with E-state index in [4.69, 9.17) is 14.1 Å². The van der Waals surface area contributed by atoms with Gasteiger partial charge in [-0.2, -0.15) is 0 Å². The SMILES string of the molecule is CCOc1ccccc1-c1nc(CN2CCC[C@@H](C(=O)N(CC)CC)C2)c(C)o1. The average Bonchev–Trinajstić information content (AvgIpc) is 3.10. The van der Waals surface area contributed by atoms with Crippen LogP contribution in [0.3, 0.4) is 0 Å². The third-order valence-corrected chi connectivity index (χ3v) is 5.61. The van der Waals surface area contributed by atoms with Crippen LogP contribution in [0.15, 0.2) is 28.7 Å². The highest BCUT2D eigenvalue weighted by atomic mass is 16.5. The van der Waals surface area contributed by atoms with E-state index in [0.717, 1.165) is 61.8 Å². The average molecular weight is 400 g/mol. The second-order valence-corrected chi connectivity index (χ2v) is 7.54. The molecule has 1 atom stereocenters. The second kappa shape index (κ2) is 9.92. The van der Waals surface area contributed by atoms with Gasteiger partial charge < -0.3 is 14.1 Å². The van der Waals surface area contributed by atoms with Crippen molar-refractivity contribution in [2.75, 3.05) is 32.8 Å². The molecule has 158 valence electrons. The number of rotatable bonds is 8. The number of piperidine rings is 1. The number of carbonyl (C=O) groups is 1. The first kappa shape index (κ1) is 21.4. The maximum absolute atomic E-state index is 12.8. The summed E-state index contributed by atoms with van der Waals surface area (Å²) in [6.07, 6.45) is 2.01. The molecular formula is C23H33N3O3. The van der Waals surface area contributed by atoms with Gasteiger partial charge in [0.05, 0.1) is 23.8 Å². The van der Waals surface area contributed by atoms with Crippen LogP contribution >= 0.6 is 0 Å². The van der Waals surface area contributed by atoms with Crippen molar-refractivity contribution in [1.82, 2.24) is 14.8 Å². The molecule has 0 N–H and O–H groups in total. The summed E-state index contributed by atoms with van der Waals surface area (Å²) >= 11 is 0. The maximum Gasteiger partial charge on any atom is 0.230 e. The number of hydrogen-bond acceptors (Lipinski definition) is 5. The summed E-state index contributed by atoms with van der Waals surface area (Å²) in [5, 5.41) is 0. The lowest BCUT2D eigenvalue weighted by Crippen LogP contribution is -2.44. The summed E-state index contributed by atoms with van der Waals surface area (Å²) in [4.78, 5) is 21.8. The van der Waals surface area contributed by atoms with Gasteiger partial charge in [-0.25, -0.2) is 4.98 Å². The van der Waals surface area contributed by atoms with Crippen LogP contribution in [0.4, 0.5) is 0 Å². The fourth-order valence-corrected chi connectivity index (χ4v) is 4.02. The minimum Gasteiger partial charge on any atom is -0.493 e. The van der Waals surface area contributed by atoms with E-state index in [1.807, 2.05) is 56.9 Å². The van der Waals surface area contributed by atoms with Crippen molar-refractivity contribution in [2.24, 2.45) is 5.92 Å². The van der Waals surface area contributed by atoms with Crippen LogP contribution in [0.5, 0.6) is 5.75 Å². The Morgan fingerprint density at radius 1 is 1.28 bits per heavy atom. The van der Waals surface area contributed by atoms with Crippen molar-refractivity contribution in [2.45, 2.75) is 47.1 Å². The monoisotopic (exact) mass is 399 g/mol. The van der Waals surface area contributed by atoms with E-state index >= 15 is 0 Å². The number of ether oxygens (including phenoxy) is 1. The highest BCUT2D eigenvalue weighted by molar-refractivity contribution is 5.79. The normalized spacial score (nSPS) is 17.3. The summed E-state index contributed by atoms with van der Waals surface area (Å²) in [7, 11) is 0. The van der Waals surface area contributed by atoms with Crippen molar-refractivity contribution >= 4 is 5.91 Å². The van der Waals surface area contributed by atoms with Gasteiger partial charge in [-0.1, -0.05) is 12.1 Å². The molecule has 0 saturated carbocycles. The van der Waals surface area contributed by atoms with E-state index in [-0.39, 0.29) is 11.8 Å². The lowest BCUT2D eigenvalue weighted by molar-refractivity contribution is -0.137. The minimum absolute atomic E-state index is 0.0778. The number of aromatic nitrogens is 1. The number of hydrogen-bond donors (Lipinski definition) is 0. The van der Waals surface area contributed by atoms with Crippen molar-refractivity contribution in [3.8, 4) is 17.2 Å². The number of oxazole rings is 1. The molecule has 1 fully saturated rings. The lowest BCUT2D eigenvalue weighted by atomic mass is 9.96. The first-order chi connectivity index (χ1) is 14.1. The van der Waals surface area contributed by atoms with Crippen LogP contribution in [0.1, 0.15) is 45.1 Å². The van der Waals surface area contributed by atoms with Crippen LogP contribution in [0, 0.1) is 12.8 Å². The number of carbonyl (C=O) groups excluding carboxylic acids is 1. The summed E-state index contributed by atoms with van der Waals surface area (Å²) in [5.74, 6) is 2.56. The van der Waals surface area contributed by atoms with Gasteiger partial charge in [-0.05, 0) is 59.2 Å². The maximum atomic E-state index is 12.8. The number of nitrogens with zero attached hydrogens (tertiary/aromatic N) is 3. The number of amides is 1. The fraction of sp³-hybridized carbons (Fsp3) is 0.565. The quantitative estimate of drug-likeness (QED) is 0.668. The molecule has 6 heteroatoms. The molecule has 2 aromatic rings. The van der Waals surface area contributed by atoms with Gasteiger partial charge in [0.2, 0.25) is 11.8 Å². The van der Waals surface area contributed by atoms with Gasteiger partial charge >= 0.3 is 0 Å². The van der Waals surface area contributed by atoms with Gasteiger partial charge in [-0.3, -0.25) is 9.69 Å². The largest absolute Gasteiger partial charge is 0.493 e. The molecule has 3 rings (SSSR count). The van der Waals surface area contributed by atoms with Gasteiger partial charge in [0.15, 0.2) is 0 Å². The third-order valence-electron chi connectivity index (χ3n) is 5.61. The highest BCUT2D eigenvalue weighted by Gasteiger charge is 2.29. The topological polar surface area (TPSA) is 58.8 Å². The Bertz CT molecular complexity index is 813. The van der Waals surface area contributed by atoms with E-state index < -0.39 is 0 Å². The van der Waals surface area contributed by atoms with E-state index in [2.05, 4.69) is 4.90 Å². The zero-order chi connectivity index (χ0) is 20.8. The minimum atomic E-state index is 0.0778. The Kier molecular flexibility index (Phi) is 7.31. The standard InChI is InChI=1S/C23H33N3O3/c1-5-26(6-2)23(27)18-11-10-14-25(15-18)16-20-17(4)29-22(24-20)19-12-8-9-13-21(19)28-7-3/h8-9,12-13,18H,5-7,10-11,14-16H2,1-4H3/t18-/m1/s1. The summed E-state index contributed by atoms with van der Waals surface area (Å²) in [6, 6.07) is 7.82. The van der Waals surface area contributed by atoms with Crippen LogP contribution in [-0.4, -0.2) is 53.5 Å². The first-order valence-corrected chi connectivity index (χ1v) is 10.8. The molecule has 1 aliphatic heterocycles. The fourth-order valence-electron chi connectivity index (χ4n) is 4.02. The van der Waals surface area contributed by atoms with E-state index in [0.29, 0.717) is 19.0 Å². The third kappa shape index (κ3) is 4.99. The van der Waals surface area contributed by atoms with Gasteiger partial charge in [0.1, 0.15) is 11.5 Å². The number of likely N-dealkylation sites (tertiary alicyclic amines) is 1. The zero-order valence-corrected chi connectivity index (χ0v) is 18.1. The van der Waals surface area contributed by atoms with E-state index in [9.17, 15) is 4.79 Å². The Hall–Kier alpha value is -2.34. The number of benzene rings is 1. The Morgan fingerprint density at radius 3 is 2.76 bits per heavy atom. The zero-order valence-electron chi connectivity index (χ0n) is 18.1. The predicted octanol–water partition coefficient (Wildman–Crippen LogP) is 4.13. The second-order valence-electron chi connectivity index (χ2n) is 7.54. The van der Waals surface area contributed by atoms with Gasteiger partial charge in [0.25, 0.3) is 0 Å². The van der Waals surface area contributed by atoms with E-state index in [1.165, 1.54) is 0 Å². The Morgan fingerprint density at radius 2 is 2.03 bits per heavy atom. The van der Waals surface area contributed by atoms with Crippen molar-refractivity contribution in [3.05, 3.63) is 35.7 Å². The molecule has 0 bridgehead atoms. The predicted molar refractivity (Wildman–Crippen MR) is 114 cm³/mol. The van der Waals surface area contributed by atoms with Crippen molar-refractivity contribution in [1.29, 1.82) is 0 Å². The molecule has 1 amide bonds. The molecule has 0 unspecified atom stereocenters. The van der Waals surface area contributed by atoms with Crippen molar-refractivity contribution < 1.29 is 13.9 Å². The Labute approximate surface area is 173 Å². The van der Waals surface area contributed by atoms with E-state index in [1.54, 1.807) is 0 Å². The van der Waals surface area contributed by atoms with Gasteiger partial charge in [0, 0.05) is 26.2 Å². The van der Waals surface area contributed by atoms with Crippen molar-refractivity contribution in [3.63, 3.8) is 0 Å². The smallest absolute Gasteiger partial charge is 0.230 e. The molecule has 0 spiro atoms. The van der Waals surface area contributed by atoms with Gasteiger partial charge in [-0.15, -0.1) is 0 Å². The highest BCUT2D eigenvalue weighted by Crippen LogP contribution is 2.31. The Balaban J connectivity index is 1.72. The molecule has 1 aromatic heterocycles. The number of para-hydroxylation sites is 1. The van der Waals surface area contributed by atoms with Crippen LogP contribution in [0.25, 0.3) is 11.5 Å². The molecule has 1 aliphatic rings. The number of aryl methyl sites for hydroxylation is 1. The van der Waals surface area contributed by atoms with Crippen LogP contribution < -0.4 is 4.74 Å². The first-order valence-electron chi connectivity index (χ1n) is 10.8. The molecule has 1 aromatic carbocycles. The van der Waals surface area contributed by atoms with Crippen LogP contribution in [-0.2, 0) is 11.3 Å². The molecular weight excluding hydrogens is 366 g/mol. The summed E-state index contributed by atoms with van der Waals surface area (Å²) in [5.41, 5.74) is 1.80. The lowest BCUT2D eigenvalue weighted by Gasteiger charge is -2.34.